The van der Waals surface area contributed by atoms with Gasteiger partial charge < -0.3 is 0 Å². The van der Waals surface area contributed by atoms with Crippen molar-refractivity contribution >= 4 is 23.9 Å². The fourth-order valence-corrected chi connectivity index (χ4v) is 3.31. The lowest BCUT2D eigenvalue weighted by molar-refractivity contribution is -0.384. The Bertz CT molecular complexity index is 760. The molecule has 1 atom stereocenters. The molecular formula is C20H24ClN3O3. The van der Waals surface area contributed by atoms with Gasteiger partial charge in [-0.2, -0.15) is 0 Å². The number of nitro benzene ring substituents is 1. The van der Waals surface area contributed by atoms with Crippen LogP contribution in [0.3, 0.4) is 0 Å². The molecule has 0 saturated carbocycles. The summed E-state index contributed by atoms with van der Waals surface area (Å²) in [6.45, 7) is 6.00. The minimum absolute atomic E-state index is 0. The van der Waals surface area contributed by atoms with E-state index in [1.54, 1.807) is 12.1 Å². The van der Waals surface area contributed by atoms with Gasteiger partial charge in [-0.3, -0.25) is 24.7 Å². The number of carbonyl (C=O) groups is 1. The van der Waals surface area contributed by atoms with Gasteiger partial charge in [0.25, 0.3) is 5.69 Å². The quantitative estimate of drug-likeness (QED) is 0.429. The van der Waals surface area contributed by atoms with Crippen molar-refractivity contribution in [3.8, 4) is 0 Å². The first kappa shape index (κ1) is 21.0. The molecule has 7 heteroatoms. The molecule has 144 valence electrons. The zero-order valence-corrected chi connectivity index (χ0v) is 16.1. The number of non-ortho nitro benzene ring substituents is 1. The van der Waals surface area contributed by atoms with E-state index in [4.69, 9.17) is 0 Å². The van der Waals surface area contributed by atoms with Gasteiger partial charge in [0.05, 0.1) is 11.5 Å². The second-order valence-electron chi connectivity index (χ2n) is 6.63. The van der Waals surface area contributed by atoms with Crippen LogP contribution in [0.2, 0.25) is 0 Å². The van der Waals surface area contributed by atoms with Crippen LogP contribution < -0.4 is 0 Å². The number of benzene rings is 2. The number of nitrogens with zero attached hydrogens (tertiary/aromatic N) is 3. The smallest absolute Gasteiger partial charge is 0.269 e. The van der Waals surface area contributed by atoms with Crippen molar-refractivity contribution < 1.29 is 9.72 Å². The summed E-state index contributed by atoms with van der Waals surface area (Å²) in [6, 6.07) is 16.4. The van der Waals surface area contributed by atoms with Crippen LogP contribution in [0.15, 0.2) is 54.6 Å². The summed E-state index contributed by atoms with van der Waals surface area (Å²) in [5.41, 5.74) is 1.95. The van der Waals surface area contributed by atoms with Crippen LogP contribution in [0, 0.1) is 10.1 Å². The van der Waals surface area contributed by atoms with E-state index in [-0.39, 0.29) is 34.8 Å². The first-order valence-corrected chi connectivity index (χ1v) is 8.83. The molecule has 1 unspecified atom stereocenters. The van der Waals surface area contributed by atoms with E-state index >= 15 is 0 Å². The monoisotopic (exact) mass is 389 g/mol. The van der Waals surface area contributed by atoms with Gasteiger partial charge in [0.2, 0.25) is 0 Å². The number of rotatable bonds is 6. The van der Waals surface area contributed by atoms with Gasteiger partial charge in [-0.25, -0.2) is 0 Å². The molecule has 1 aliphatic heterocycles. The normalized spacial score (nSPS) is 16.3. The Morgan fingerprint density at radius 1 is 1.04 bits per heavy atom. The molecule has 1 aliphatic rings. The highest BCUT2D eigenvalue weighted by Gasteiger charge is 2.23. The predicted molar refractivity (Wildman–Crippen MR) is 108 cm³/mol. The van der Waals surface area contributed by atoms with Crippen LogP contribution in [0.5, 0.6) is 0 Å². The lowest BCUT2D eigenvalue weighted by atomic mass is 10.1. The van der Waals surface area contributed by atoms with Crippen LogP contribution in [-0.4, -0.2) is 53.2 Å². The average molecular weight is 390 g/mol. The van der Waals surface area contributed by atoms with Gasteiger partial charge in [0.15, 0.2) is 5.78 Å². The Balaban J connectivity index is 0.00000261. The first-order chi connectivity index (χ1) is 12.5. The van der Waals surface area contributed by atoms with Crippen LogP contribution in [-0.2, 0) is 0 Å². The van der Waals surface area contributed by atoms with E-state index in [0.717, 1.165) is 37.3 Å². The van der Waals surface area contributed by atoms with Crippen molar-refractivity contribution in [1.82, 2.24) is 9.80 Å². The van der Waals surface area contributed by atoms with Crippen molar-refractivity contribution in [2.24, 2.45) is 0 Å². The highest BCUT2D eigenvalue weighted by atomic mass is 35.5. The maximum absolute atomic E-state index is 12.3. The van der Waals surface area contributed by atoms with Gasteiger partial charge >= 0.3 is 0 Å². The van der Waals surface area contributed by atoms with Crippen LogP contribution in [0.4, 0.5) is 5.69 Å². The maximum Gasteiger partial charge on any atom is 0.269 e. The number of hydrogen-bond acceptors (Lipinski definition) is 5. The van der Waals surface area contributed by atoms with Crippen LogP contribution in [0.25, 0.3) is 0 Å². The van der Waals surface area contributed by atoms with Gasteiger partial charge in [0.1, 0.15) is 0 Å². The summed E-state index contributed by atoms with van der Waals surface area (Å²) in [5.74, 6) is 0.155. The zero-order valence-electron chi connectivity index (χ0n) is 15.3. The molecule has 0 N–H and O–H groups in total. The molecule has 0 amide bonds. The third kappa shape index (κ3) is 5.35. The molecule has 1 fully saturated rings. The molecule has 2 aromatic rings. The fraction of sp³-hybridized carbons (Fsp3) is 0.350. The molecule has 2 aromatic carbocycles. The Morgan fingerprint density at radius 3 is 2.19 bits per heavy atom. The molecule has 6 nitrogen and oxygen atoms in total. The number of Topliss-reactive ketones (excluding diaryl/α,β-unsaturated/α-hetero) is 1. The molecule has 3 rings (SSSR count). The van der Waals surface area contributed by atoms with Crippen molar-refractivity contribution in [2.75, 3.05) is 32.7 Å². The first-order valence-electron chi connectivity index (χ1n) is 8.83. The molecule has 0 bridgehead atoms. The van der Waals surface area contributed by atoms with Gasteiger partial charge in [-0.15, -0.1) is 12.4 Å². The largest absolute Gasteiger partial charge is 0.294 e. The van der Waals surface area contributed by atoms with Gasteiger partial charge in [0, 0.05) is 49.9 Å². The SMILES string of the molecule is CC(c1ccc([N+](=O)[O-])cc1)N1CCN(CC(=O)c2ccccc2)CC1.Cl. The van der Waals surface area contributed by atoms with E-state index in [0.29, 0.717) is 6.54 Å². The number of piperazine rings is 1. The number of carbonyl (C=O) groups excluding carboxylic acids is 1. The van der Waals surface area contributed by atoms with Gasteiger partial charge in [-0.05, 0) is 12.5 Å². The third-order valence-electron chi connectivity index (χ3n) is 5.00. The topological polar surface area (TPSA) is 66.7 Å². The molecule has 1 heterocycles. The highest BCUT2D eigenvalue weighted by molar-refractivity contribution is 5.97. The van der Waals surface area contributed by atoms with Crippen molar-refractivity contribution in [2.45, 2.75) is 13.0 Å². The Labute approximate surface area is 165 Å². The summed E-state index contributed by atoms with van der Waals surface area (Å²) in [7, 11) is 0. The maximum atomic E-state index is 12.3. The minimum Gasteiger partial charge on any atom is -0.294 e. The van der Waals surface area contributed by atoms with E-state index in [2.05, 4.69) is 16.7 Å². The van der Waals surface area contributed by atoms with Crippen LogP contribution in [0.1, 0.15) is 28.9 Å². The third-order valence-corrected chi connectivity index (χ3v) is 5.00. The summed E-state index contributed by atoms with van der Waals surface area (Å²) >= 11 is 0. The molecular weight excluding hydrogens is 366 g/mol. The average Bonchev–Trinajstić information content (AvgIpc) is 2.69. The molecule has 1 saturated heterocycles. The molecule has 27 heavy (non-hydrogen) atoms. The zero-order chi connectivity index (χ0) is 18.5. The Morgan fingerprint density at radius 2 is 1.63 bits per heavy atom. The number of nitro groups is 1. The Kier molecular flexibility index (Phi) is 7.47. The standard InChI is InChI=1S/C20H23N3O3.ClH/c1-16(17-7-9-19(10-8-17)23(25)26)22-13-11-21(12-14-22)15-20(24)18-5-3-2-4-6-18;/h2-10,16H,11-15H2,1H3;1H. The van der Waals surface area contributed by atoms with E-state index < -0.39 is 0 Å². The lowest BCUT2D eigenvalue weighted by Gasteiger charge is -2.38. The second-order valence-corrected chi connectivity index (χ2v) is 6.63. The second kappa shape index (κ2) is 9.60. The van der Waals surface area contributed by atoms with Gasteiger partial charge in [-0.1, -0.05) is 42.5 Å². The summed E-state index contributed by atoms with van der Waals surface area (Å²) in [5, 5.41) is 10.8. The van der Waals surface area contributed by atoms with E-state index in [1.165, 1.54) is 0 Å². The summed E-state index contributed by atoms with van der Waals surface area (Å²) in [6.07, 6.45) is 0. The lowest BCUT2D eigenvalue weighted by Crippen LogP contribution is -2.48. The molecule has 0 aliphatic carbocycles. The predicted octanol–water partition coefficient (Wildman–Crippen LogP) is 3.58. The number of halogens is 1. The fourth-order valence-electron chi connectivity index (χ4n) is 3.31. The van der Waals surface area contributed by atoms with Crippen LogP contribution >= 0.6 is 12.4 Å². The Hall–Kier alpha value is -2.28. The number of ketones is 1. The molecule has 0 spiro atoms. The van der Waals surface area contributed by atoms with Crippen molar-refractivity contribution in [3.63, 3.8) is 0 Å². The minimum atomic E-state index is -0.378. The highest BCUT2D eigenvalue weighted by Crippen LogP contribution is 2.23. The summed E-state index contributed by atoms with van der Waals surface area (Å²) < 4.78 is 0. The number of hydrogen-bond donors (Lipinski definition) is 0. The van der Waals surface area contributed by atoms with E-state index in [9.17, 15) is 14.9 Å². The van der Waals surface area contributed by atoms with Crippen molar-refractivity contribution in [3.05, 3.63) is 75.8 Å². The van der Waals surface area contributed by atoms with Crippen molar-refractivity contribution in [1.29, 1.82) is 0 Å². The molecule has 0 aromatic heterocycles. The molecule has 0 radical (unpaired) electrons. The summed E-state index contributed by atoms with van der Waals surface area (Å²) in [4.78, 5) is 27.3. The van der Waals surface area contributed by atoms with E-state index in [1.807, 2.05) is 42.5 Å².